The Morgan fingerprint density at radius 3 is 2.53 bits per heavy atom. The molecule has 0 saturated carbocycles. The SMILES string of the molecule is O=C(NC1CCNCC1)N[C@@H](CCO)C(=O)O. The molecule has 1 fully saturated rings. The summed E-state index contributed by atoms with van der Waals surface area (Å²) in [6, 6.07) is -1.45. The lowest BCUT2D eigenvalue weighted by Gasteiger charge is -2.24. The van der Waals surface area contributed by atoms with Crippen LogP contribution in [0.25, 0.3) is 0 Å². The minimum atomic E-state index is -1.14. The highest BCUT2D eigenvalue weighted by atomic mass is 16.4. The number of carbonyl (C=O) groups is 2. The quantitative estimate of drug-likeness (QED) is 0.421. The molecule has 0 unspecified atom stereocenters. The smallest absolute Gasteiger partial charge is 0.326 e. The minimum absolute atomic E-state index is 0.00890. The van der Waals surface area contributed by atoms with Crippen molar-refractivity contribution in [2.75, 3.05) is 19.7 Å². The van der Waals surface area contributed by atoms with Gasteiger partial charge in [0.25, 0.3) is 0 Å². The van der Waals surface area contributed by atoms with Crippen molar-refractivity contribution >= 4 is 12.0 Å². The van der Waals surface area contributed by atoms with Crippen molar-refractivity contribution in [3.63, 3.8) is 0 Å². The largest absolute Gasteiger partial charge is 0.480 e. The van der Waals surface area contributed by atoms with Crippen LogP contribution in [-0.4, -0.2) is 54.0 Å². The Bertz CT molecular complexity index is 266. The Morgan fingerprint density at radius 2 is 2.00 bits per heavy atom. The normalized spacial score (nSPS) is 18.4. The number of aliphatic hydroxyl groups is 1. The van der Waals surface area contributed by atoms with Crippen LogP contribution in [0.1, 0.15) is 19.3 Å². The molecular weight excluding hydrogens is 226 g/mol. The Hall–Kier alpha value is -1.34. The van der Waals surface area contributed by atoms with E-state index in [-0.39, 0.29) is 19.1 Å². The molecular formula is C10H19N3O4. The fourth-order valence-corrected chi connectivity index (χ4v) is 1.74. The number of hydrogen-bond donors (Lipinski definition) is 5. The Kier molecular flexibility index (Phi) is 5.71. The predicted octanol–water partition coefficient (Wildman–Crippen LogP) is -1.13. The van der Waals surface area contributed by atoms with Gasteiger partial charge in [-0.05, 0) is 25.9 Å². The zero-order chi connectivity index (χ0) is 12.7. The van der Waals surface area contributed by atoms with Crippen LogP contribution in [0, 0.1) is 0 Å². The third-order valence-electron chi connectivity index (χ3n) is 2.70. The van der Waals surface area contributed by atoms with Crippen LogP contribution in [-0.2, 0) is 4.79 Å². The summed E-state index contributed by atoms with van der Waals surface area (Å²) < 4.78 is 0. The van der Waals surface area contributed by atoms with E-state index in [1.807, 2.05) is 0 Å². The molecule has 98 valence electrons. The fourth-order valence-electron chi connectivity index (χ4n) is 1.74. The summed E-state index contributed by atoms with van der Waals surface area (Å²) in [6.45, 7) is 1.43. The molecule has 1 saturated heterocycles. The lowest BCUT2D eigenvalue weighted by Crippen LogP contribution is -2.51. The van der Waals surface area contributed by atoms with Crippen LogP contribution in [0.15, 0.2) is 0 Å². The first-order valence-corrected chi connectivity index (χ1v) is 5.75. The number of carbonyl (C=O) groups excluding carboxylic acids is 1. The van der Waals surface area contributed by atoms with Crippen molar-refractivity contribution < 1.29 is 19.8 Å². The van der Waals surface area contributed by atoms with Gasteiger partial charge < -0.3 is 26.2 Å². The second-order valence-electron chi connectivity index (χ2n) is 4.05. The van der Waals surface area contributed by atoms with E-state index in [2.05, 4.69) is 16.0 Å². The van der Waals surface area contributed by atoms with Crippen molar-refractivity contribution in [2.24, 2.45) is 0 Å². The average molecular weight is 245 g/mol. The van der Waals surface area contributed by atoms with Gasteiger partial charge in [-0.2, -0.15) is 0 Å². The zero-order valence-electron chi connectivity index (χ0n) is 9.61. The molecule has 1 aliphatic heterocycles. The second kappa shape index (κ2) is 7.08. The first-order chi connectivity index (χ1) is 8.13. The van der Waals surface area contributed by atoms with E-state index in [9.17, 15) is 9.59 Å². The van der Waals surface area contributed by atoms with Gasteiger partial charge in [0.2, 0.25) is 0 Å². The summed E-state index contributed by atoms with van der Waals surface area (Å²) in [5.74, 6) is -1.14. The highest BCUT2D eigenvalue weighted by Crippen LogP contribution is 2.01. The minimum Gasteiger partial charge on any atom is -0.480 e. The number of amides is 2. The van der Waals surface area contributed by atoms with E-state index in [1.165, 1.54) is 0 Å². The molecule has 5 N–H and O–H groups in total. The second-order valence-corrected chi connectivity index (χ2v) is 4.05. The van der Waals surface area contributed by atoms with Gasteiger partial charge in [-0.1, -0.05) is 0 Å². The Morgan fingerprint density at radius 1 is 1.35 bits per heavy atom. The number of nitrogens with one attached hydrogen (secondary N) is 3. The molecule has 0 aromatic heterocycles. The number of carboxylic acid groups (broad SMARTS) is 1. The molecule has 1 heterocycles. The molecule has 0 aromatic rings. The van der Waals surface area contributed by atoms with Crippen molar-refractivity contribution in [3.8, 4) is 0 Å². The maximum absolute atomic E-state index is 11.5. The zero-order valence-corrected chi connectivity index (χ0v) is 9.61. The fraction of sp³-hybridized carbons (Fsp3) is 0.800. The standard InChI is InChI=1S/C10H19N3O4/c14-6-3-8(9(15)16)13-10(17)12-7-1-4-11-5-2-7/h7-8,11,14H,1-6H2,(H,15,16)(H2,12,13,17)/t8-/m0/s1. The van der Waals surface area contributed by atoms with Crippen LogP contribution < -0.4 is 16.0 Å². The van der Waals surface area contributed by atoms with Gasteiger partial charge in [-0.15, -0.1) is 0 Å². The maximum atomic E-state index is 11.5. The number of carboxylic acids is 1. The van der Waals surface area contributed by atoms with Gasteiger partial charge in [0.1, 0.15) is 6.04 Å². The summed E-state index contributed by atoms with van der Waals surface area (Å²) in [6.07, 6.45) is 1.69. The molecule has 1 rings (SSSR count). The molecule has 0 radical (unpaired) electrons. The third kappa shape index (κ3) is 5.01. The summed E-state index contributed by atoms with van der Waals surface area (Å²) in [5.41, 5.74) is 0. The van der Waals surface area contributed by atoms with Gasteiger partial charge in [0.15, 0.2) is 0 Å². The monoisotopic (exact) mass is 245 g/mol. The van der Waals surface area contributed by atoms with Crippen molar-refractivity contribution in [3.05, 3.63) is 0 Å². The topological polar surface area (TPSA) is 111 Å². The Labute approximate surface area is 99.6 Å². The number of aliphatic hydroxyl groups excluding tert-OH is 1. The molecule has 1 aliphatic rings. The van der Waals surface area contributed by atoms with Crippen LogP contribution in [0.2, 0.25) is 0 Å². The number of piperidine rings is 1. The van der Waals surface area contributed by atoms with Gasteiger partial charge in [0.05, 0.1) is 0 Å². The van der Waals surface area contributed by atoms with E-state index in [0.29, 0.717) is 0 Å². The first kappa shape index (κ1) is 13.7. The summed E-state index contributed by atoms with van der Waals surface area (Å²) >= 11 is 0. The molecule has 0 spiro atoms. The first-order valence-electron chi connectivity index (χ1n) is 5.75. The average Bonchev–Trinajstić information content (AvgIpc) is 2.29. The van der Waals surface area contributed by atoms with Crippen molar-refractivity contribution in [1.29, 1.82) is 0 Å². The highest BCUT2D eigenvalue weighted by molar-refractivity contribution is 5.82. The van der Waals surface area contributed by atoms with Crippen LogP contribution in [0.3, 0.4) is 0 Å². The van der Waals surface area contributed by atoms with Crippen molar-refractivity contribution in [2.45, 2.75) is 31.3 Å². The molecule has 0 aliphatic carbocycles. The predicted molar refractivity (Wildman–Crippen MR) is 60.7 cm³/mol. The van der Waals surface area contributed by atoms with Gasteiger partial charge in [-0.3, -0.25) is 0 Å². The lowest BCUT2D eigenvalue weighted by molar-refractivity contribution is -0.139. The summed E-state index contributed by atoms with van der Waals surface area (Å²) in [7, 11) is 0. The summed E-state index contributed by atoms with van der Waals surface area (Å²) in [4.78, 5) is 22.3. The van der Waals surface area contributed by atoms with E-state index < -0.39 is 18.0 Å². The van der Waals surface area contributed by atoms with Crippen LogP contribution in [0.5, 0.6) is 0 Å². The summed E-state index contributed by atoms with van der Waals surface area (Å²) in [5, 5.41) is 25.7. The third-order valence-corrected chi connectivity index (χ3v) is 2.70. The molecule has 0 bridgehead atoms. The highest BCUT2D eigenvalue weighted by Gasteiger charge is 2.21. The van der Waals surface area contributed by atoms with E-state index in [4.69, 9.17) is 10.2 Å². The molecule has 17 heavy (non-hydrogen) atoms. The van der Waals surface area contributed by atoms with E-state index in [1.54, 1.807) is 0 Å². The van der Waals surface area contributed by atoms with E-state index >= 15 is 0 Å². The van der Waals surface area contributed by atoms with Crippen LogP contribution >= 0.6 is 0 Å². The molecule has 7 nitrogen and oxygen atoms in total. The van der Waals surface area contributed by atoms with E-state index in [0.717, 1.165) is 25.9 Å². The van der Waals surface area contributed by atoms with Gasteiger partial charge >= 0.3 is 12.0 Å². The molecule has 1 atom stereocenters. The van der Waals surface area contributed by atoms with Crippen LogP contribution in [0.4, 0.5) is 4.79 Å². The lowest BCUT2D eigenvalue weighted by atomic mass is 10.1. The van der Waals surface area contributed by atoms with Gasteiger partial charge in [-0.25, -0.2) is 9.59 Å². The maximum Gasteiger partial charge on any atom is 0.326 e. The molecule has 2 amide bonds. The number of aliphatic carboxylic acids is 1. The number of urea groups is 1. The van der Waals surface area contributed by atoms with Crippen molar-refractivity contribution in [1.82, 2.24) is 16.0 Å². The molecule has 7 heteroatoms. The Balaban J connectivity index is 2.33. The number of hydrogen-bond acceptors (Lipinski definition) is 4. The van der Waals surface area contributed by atoms with Gasteiger partial charge in [0, 0.05) is 19.1 Å². The number of rotatable bonds is 5. The molecule has 0 aromatic carbocycles.